The maximum Gasteiger partial charge on any atom is 0.322 e. The van der Waals surface area contributed by atoms with Crippen molar-refractivity contribution in [2.45, 2.75) is 83.3 Å². The van der Waals surface area contributed by atoms with E-state index in [9.17, 15) is 9.59 Å². The van der Waals surface area contributed by atoms with E-state index >= 15 is 0 Å². The summed E-state index contributed by atoms with van der Waals surface area (Å²) in [6.07, 6.45) is 7.97. The second-order valence-corrected chi connectivity index (χ2v) is 7.17. The van der Waals surface area contributed by atoms with Crippen molar-refractivity contribution in [3.8, 4) is 0 Å². The second kappa shape index (κ2) is 5.95. The lowest BCUT2D eigenvalue weighted by atomic mass is 9.63. The van der Waals surface area contributed by atoms with Gasteiger partial charge < -0.3 is 9.47 Å². The summed E-state index contributed by atoms with van der Waals surface area (Å²) in [5.41, 5.74) is -1.32. The molecular weight excluding hydrogens is 280 g/mol. The first-order chi connectivity index (χ1) is 10.6. The van der Waals surface area contributed by atoms with E-state index in [1.807, 2.05) is 0 Å². The van der Waals surface area contributed by atoms with Crippen molar-refractivity contribution in [3.05, 3.63) is 0 Å². The molecule has 2 heterocycles. The van der Waals surface area contributed by atoms with E-state index in [-0.39, 0.29) is 29.4 Å². The molecule has 0 radical (unpaired) electrons. The lowest BCUT2D eigenvalue weighted by molar-refractivity contribution is -0.204. The Morgan fingerprint density at radius 3 is 2.77 bits per heavy atom. The summed E-state index contributed by atoms with van der Waals surface area (Å²) in [6.45, 7) is 4.27. The van der Waals surface area contributed by atoms with E-state index in [0.29, 0.717) is 13.0 Å². The smallest absolute Gasteiger partial charge is 0.322 e. The van der Waals surface area contributed by atoms with Gasteiger partial charge in [0, 0.05) is 5.92 Å². The van der Waals surface area contributed by atoms with Crippen LogP contribution in [0.25, 0.3) is 0 Å². The van der Waals surface area contributed by atoms with Gasteiger partial charge in [-0.3, -0.25) is 9.59 Å². The average molecular weight is 308 g/mol. The Morgan fingerprint density at radius 2 is 2.05 bits per heavy atom. The van der Waals surface area contributed by atoms with Crippen LogP contribution in [0.3, 0.4) is 0 Å². The molecule has 2 aliphatic heterocycles. The van der Waals surface area contributed by atoms with E-state index in [0.717, 1.165) is 51.4 Å². The number of carbonyl (C=O) groups excluding carboxylic acids is 2. The molecule has 0 amide bonds. The summed E-state index contributed by atoms with van der Waals surface area (Å²) < 4.78 is 11.8. The lowest BCUT2D eigenvalue weighted by Gasteiger charge is -2.49. The van der Waals surface area contributed by atoms with Crippen molar-refractivity contribution in [3.63, 3.8) is 0 Å². The fourth-order valence-electron chi connectivity index (χ4n) is 5.07. The van der Waals surface area contributed by atoms with Gasteiger partial charge >= 0.3 is 5.97 Å². The van der Waals surface area contributed by atoms with Crippen LogP contribution in [-0.2, 0) is 19.1 Å². The number of Topliss-reactive ketones (excluding diaryl/α,β-unsaturated/α-hetero) is 1. The summed E-state index contributed by atoms with van der Waals surface area (Å²) in [6, 6.07) is 0. The molecule has 1 saturated carbocycles. The molecule has 0 aromatic carbocycles. The Hall–Kier alpha value is -0.900. The third kappa shape index (κ3) is 2.14. The van der Waals surface area contributed by atoms with Gasteiger partial charge in [-0.1, -0.05) is 32.6 Å². The van der Waals surface area contributed by atoms with Gasteiger partial charge in [-0.05, 0) is 39.0 Å². The molecule has 3 aliphatic rings. The summed E-state index contributed by atoms with van der Waals surface area (Å²) in [4.78, 5) is 26.1. The largest absolute Gasteiger partial charge is 0.465 e. The number of ether oxygens (including phenoxy) is 2. The number of hydrogen-bond acceptors (Lipinski definition) is 4. The highest BCUT2D eigenvalue weighted by atomic mass is 16.5. The quantitative estimate of drug-likeness (QED) is 0.590. The van der Waals surface area contributed by atoms with Crippen molar-refractivity contribution < 1.29 is 19.1 Å². The first kappa shape index (κ1) is 16.0. The van der Waals surface area contributed by atoms with Gasteiger partial charge in [0.1, 0.15) is 0 Å². The van der Waals surface area contributed by atoms with Gasteiger partial charge in [0.05, 0.1) is 18.3 Å². The minimum Gasteiger partial charge on any atom is -0.465 e. The molecule has 0 N–H and O–H groups in total. The number of fused-ring (bicyclic) bond motifs is 6. The molecule has 4 atom stereocenters. The summed E-state index contributed by atoms with van der Waals surface area (Å²) in [5, 5.41) is 0. The molecular formula is C18H28O4. The van der Waals surface area contributed by atoms with Crippen LogP contribution in [0.15, 0.2) is 0 Å². The van der Waals surface area contributed by atoms with E-state index < -0.39 is 5.41 Å². The molecule has 3 rings (SSSR count). The Kier molecular flexibility index (Phi) is 4.32. The molecule has 1 unspecified atom stereocenters. The molecule has 4 bridgehead atoms. The molecule has 22 heavy (non-hydrogen) atoms. The van der Waals surface area contributed by atoms with Gasteiger partial charge in [-0.2, -0.15) is 0 Å². The minimum atomic E-state index is -1.02. The summed E-state index contributed by atoms with van der Waals surface area (Å²) in [7, 11) is 0. The number of rotatable bonds is 4. The van der Waals surface area contributed by atoms with E-state index in [1.165, 1.54) is 0 Å². The van der Waals surface area contributed by atoms with Gasteiger partial charge in [0.2, 0.25) is 0 Å². The zero-order valence-electron chi connectivity index (χ0n) is 13.9. The van der Waals surface area contributed by atoms with Crippen molar-refractivity contribution in [1.82, 2.24) is 0 Å². The molecule has 0 aromatic rings. The van der Waals surface area contributed by atoms with E-state index in [2.05, 4.69) is 6.92 Å². The van der Waals surface area contributed by atoms with Gasteiger partial charge in [-0.15, -0.1) is 0 Å². The molecule has 0 spiro atoms. The maximum absolute atomic E-state index is 13.4. The van der Waals surface area contributed by atoms with Gasteiger partial charge in [-0.25, -0.2) is 0 Å². The topological polar surface area (TPSA) is 52.6 Å². The molecule has 2 saturated heterocycles. The van der Waals surface area contributed by atoms with Crippen molar-refractivity contribution in [2.75, 3.05) is 6.61 Å². The number of esters is 1. The van der Waals surface area contributed by atoms with Crippen LogP contribution in [0, 0.1) is 11.3 Å². The summed E-state index contributed by atoms with van der Waals surface area (Å²) >= 11 is 0. The number of carbonyl (C=O) groups is 2. The highest BCUT2D eigenvalue weighted by Crippen LogP contribution is 2.57. The molecule has 1 aliphatic carbocycles. The Labute approximate surface area is 132 Å². The molecule has 3 fully saturated rings. The van der Waals surface area contributed by atoms with Crippen molar-refractivity contribution >= 4 is 11.8 Å². The van der Waals surface area contributed by atoms with Gasteiger partial charge in [0.15, 0.2) is 11.2 Å². The maximum atomic E-state index is 13.4. The van der Waals surface area contributed by atoms with Crippen LogP contribution in [0.5, 0.6) is 0 Å². The van der Waals surface area contributed by atoms with E-state index in [1.54, 1.807) is 6.92 Å². The second-order valence-electron chi connectivity index (χ2n) is 7.17. The molecule has 124 valence electrons. The van der Waals surface area contributed by atoms with E-state index in [4.69, 9.17) is 9.47 Å². The highest BCUT2D eigenvalue weighted by molar-refractivity contribution is 6.07. The van der Waals surface area contributed by atoms with Crippen molar-refractivity contribution in [1.29, 1.82) is 0 Å². The summed E-state index contributed by atoms with van der Waals surface area (Å²) in [5.74, 6) is -0.312. The van der Waals surface area contributed by atoms with Crippen LogP contribution < -0.4 is 0 Å². The fourth-order valence-corrected chi connectivity index (χ4v) is 5.07. The van der Waals surface area contributed by atoms with Crippen LogP contribution >= 0.6 is 0 Å². The van der Waals surface area contributed by atoms with Crippen LogP contribution in [0.2, 0.25) is 0 Å². The Bertz CT molecular complexity index is 460. The zero-order valence-corrected chi connectivity index (χ0v) is 13.9. The van der Waals surface area contributed by atoms with Crippen LogP contribution in [-0.4, -0.2) is 30.1 Å². The SMILES string of the molecule is CCC[C@@]12CCC(O1)[C@@]1(C(=O)OCC)CCCCC[C@@H]2C1=O. The Balaban J connectivity index is 2.02. The molecule has 0 aromatic heterocycles. The number of ketones is 1. The predicted octanol–water partition coefficient (Wildman–Crippen LogP) is 3.42. The van der Waals surface area contributed by atoms with Crippen LogP contribution in [0.4, 0.5) is 0 Å². The average Bonchev–Trinajstić information content (AvgIpc) is 2.86. The fraction of sp³-hybridized carbons (Fsp3) is 0.889. The first-order valence-electron chi connectivity index (χ1n) is 9.00. The highest BCUT2D eigenvalue weighted by Gasteiger charge is 2.67. The third-order valence-corrected chi connectivity index (χ3v) is 6.02. The minimum absolute atomic E-state index is 0.115. The lowest BCUT2D eigenvalue weighted by Crippen LogP contribution is -2.61. The normalized spacial score (nSPS) is 40.9. The molecule has 4 heteroatoms. The third-order valence-electron chi connectivity index (χ3n) is 6.02. The Morgan fingerprint density at radius 1 is 1.23 bits per heavy atom. The molecule has 4 nitrogen and oxygen atoms in total. The standard InChI is InChI=1S/C18H28O4/c1-3-10-17-12-9-14(22-17)18(16(20)21-4-2)11-7-5-6-8-13(17)15(18)19/h13-14H,3-12H2,1-2H3/t13-,14?,17+,18+/m1/s1. The van der Waals surface area contributed by atoms with Crippen molar-refractivity contribution in [2.24, 2.45) is 11.3 Å². The van der Waals surface area contributed by atoms with Gasteiger partial charge in [0.25, 0.3) is 0 Å². The van der Waals surface area contributed by atoms with Crippen LogP contribution in [0.1, 0.15) is 71.6 Å². The zero-order chi connectivity index (χ0) is 15.8. The predicted molar refractivity (Wildman–Crippen MR) is 82.4 cm³/mol. The number of hydrogen-bond donors (Lipinski definition) is 0. The first-order valence-corrected chi connectivity index (χ1v) is 9.00. The monoisotopic (exact) mass is 308 g/mol.